The summed E-state index contributed by atoms with van der Waals surface area (Å²) in [5, 5.41) is 4.35. The number of rotatable bonds is 8. The fourth-order valence-electron chi connectivity index (χ4n) is 2.61. The van der Waals surface area contributed by atoms with Crippen molar-refractivity contribution in [1.29, 1.82) is 0 Å². The number of amides is 1. The van der Waals surface area contributed by atoms with Crippen LogP contribution in [0.2, 0.25) is 0 Å². The first kappa shape index (κ1) is 22.9. The van der Waals surface area contributed by atoms with Gasteiger partial charge < -0.3 is 5.32 Å². The van der Waals surface area contributed by atoms with Gasteiger partial charge in [0.1, 0.15) is 4.21 Å². The van der Waals surface area contributed by atoms with E-state index in [9.17, 15) is 21.6 Å². The van der Waals surface area contributed by atoms with Crippen LogP contribution in [-0.4, -0.2) is 28.8 Å². The van der Waals surface area contributed by atoms with E-state index in [4.69, 9.17) is 0 Å². The monoisotopic (exact) mass is 479 g/mol. The number of hydrogen-bond acceptors (Lipinski definition) is 6. The van der Waals surface area contributed by atoms with Crippen molar-refractivity contribution in [1.82, 2.24) is 4.72 Å². The van der Waals surface area contributed by atoms with Crippen LogP contribution in [0.4, 0.5) is 11.4 Å². The second kappa shape index (κ2) is 9.18. The minimum absolute atomic E-state index is 0.0987. The molecule has 0 aliphatic heterocycles. The Kier molecular flexibility index (Phi) is 6.80. The van der Waals surface area contributed by atoms with Gasteiger partial charge in [-0.15, -0.1) is 11.3 Å². The SMILES string of the molecule is CC(C)NS(=O)(=O)c1ccc(NC(=O)c2ccc(NS(=O)(=O)c3cccs3)cc2)cc1. The summed E-state index contributed by atoms with van der Waals surface area (Å²) in [5.74, 6) is -0.413. The average Bonchev–Trinajstić information content (AvgIpc) is 3.23. The highest BCUT2D eigenvalue weighted by molar-refractivity contribution is 7.94. The first-order valence-corrected chi connectivity index (χ1v) is 13.0. The molecule has 0 atom stereocenters. The maximum Gasteiger partial charge on any atom is 0.271 e. The highest BCUT2D eigenvalue weighted by Gasteiger charge is 2.17. The van der Waals surface area contributed by atoms with E-state index in [0.717, 1.165) is 11.3 Å². The molecule has 8 nitrogen and oxygen atoms in total. The van der Waals surface area contributed by atoms with Gasteiger partial charge in [0.15, 0.2) is 0 Å². The average molecular weight is 480 g/mol. The lowest BCUT2D eigenvalue weighted by molar-refractivity contribution is 0.102. The van der Waals surface area contributed by atoms with Gasteiger partial charge in [-0.1, -0.05) is 6.07 Å². The fourth-order valence-corrected chi connectivity index (χ4v) is 5.91. The summed E-state index contributed by atoms with van der Waals surface area (Å²) in [6.07, 6.45) is 0. The van der Waals surface area contributed by atoms with E-state index >= 15 is 0 Å². The molecule has 3 aromatic rings. The number of sulfonamides is 2. The Morgan fingerprint density at radius 2 is 1.45 bits per heavy atom. The van der Waals surface area contributed by atoms with Gasteiger partial charge in [0.05, 0.1) is 4.90 Å². The number of thiophene rings is 1. The summed E-state index contributed by atoms with van der Waals surface area (Å²) in [6, 6.07) is 14.7. The molecule has 0 radical (unpaired) electrons. The standard InChI is InChI=1S/C20H21N3O5S3/c1-14(2)22-30(25,26)18-11-9-16(10-12-18)21-20(24)15-5-7-17(8-6-15)23-31(27,28)19-4-3-13-29-19/h3-14,22-23H,1-2H3,(H,21,24). The Bertz CT molecular complexity index is 1250. The van der Waals surface area contributed by atoms with Crippen molar-refractivity contribution >= 4 is 48.7 Å². The van der Waals surface area contributed by atoms with E-state index < -0.39 is 26.0 Å². The molecule has 0 fully saturated rings. The molecule has 0 aliphatic carbocycles. The first-order chi connectivity index (χ1) is 14.6. The highest BCUT2D eigenvalue weighted by atomic mass is 32.2. The van der Waals surface area contributed by atoms with Gasteiger partial charge in [-0.05, 0) is 73.8 Å². The van der Waals surface area contributed by atoms with E-state index in [-0.39, 0.29) is 15.1 Å². The van der Waals surface area contributed by atoms with E-state index in [1.807, 2.05) is 0 Å². The minimum atomic E-state index is -3.66. The highest BCUT2D eigenvalue weighted by Crippen LogP contribution is 2.21. The molecule has 0 saturated heterocycles. The number of nitrogens with one attached hydrogen (secondary N) is 3. The summed E-state index contributed by atoms with van der Waals surface area (Å²) in [5.41, 5.74) is 1.07. The third kappa shape index (κ3) is 5.91. The lowest BCUT2D eigenvalue weighted by Gasteiger charge is -2.11. The maximum atomic E-state index is 12.4. The third-order valence-corrected chi connectivity index (χ3v) is 8.43. The van der Waals surface area contributed by atoms with Crippen molar-refractivity contribution in [2.24, 2.45) is 0 Å². The summed E-state index contributed by atoms with van der Waals surface area (Å²) < 4.78 is 54.0. The largest absolute Gasteiger partial charge is 0.322 e. The van der Waals surface area contributed by atoms with Crippen molar-refractivity contribution in [3.05, 3.63) is 71.6 Å². The molecule has 2 aromatic carbocycles. The second-order valence-electron chi connectivity index (χ2n) is 6.87. The van der Waals surface area contributed by atoms with Crippen molar-refractivity contribution in [2.45, 2.75) is 29.0 Å². The molecule has 11 heteroatoms. The fraction of sp³-hybridized carbons (Fsp3) is 0.150. The van der Waals surface area contributed by atoms with Crippen LogP contribution in [0.25, 0.3) is 0 Å². The zero-order valence-corrected chi connectivity index (χ0v) is 19.1. The lowest BCUT2D eigenvalue weighted by Crippen LogP contribution is -2.30. The van der Waals surface area contributed by atoms with Gasteiger partial charge in [-0.2, -0.15) is 0 Å². The van der Waals surface area contributed by atoms with E-state index in [0.29, 0.717) is 16.9 Å². The number of benzene rings is 2. The topological polar surface area (TPSA) is 121 Å². The number of carbonyl (C=O) groups excluding carboxylic acids is 1. The van der Waals surface area contributed by atoms with Crippen LogP contribution in [0.3, 0.4) is 0 Å². The van der Waals surface area contributed by atoms with Gasteiger partial charge in [0.25, 0.3) is 15.9 Å². The molecular weight excluding hydrogens is 458 g/mol. The van der Waals surface area contributed by atoms with Crippen molar-refractivity contribution in [3.8, 4) is 0 Å². The molecule has 3 rings (SSSR count). The van der Waals surface area contributed by atoms with Gasteiger partial charge in [0, 0.05) is 23.0 Å². The summed E-state index contributed by atoms with van der Waals surface area (Å²) in [6.45, 7) is 3.45. The Balaban J connectivity index is 1.66. The number of anilines is 2. The molecule has 0 unspecified atom stereocenters. The van der Waals surface area contributed by atoms with Crippen LogP contribution >= 0.6 is 11.3 Å². The first-order valence-electron chi connectivity index (χ1n) is 9.17. The molecule has 1 heterocycles. The zero-order chi connectivity index (χ0) is 22.6. The van der Waals surface area contributed by atoms with Gasteiger partial charge in [-0.3, -0.25) is 9.52 Å². The van der Waals surface area contributed by atoms with Crippen LogP contribution in [0.1, 0.15) is 24.2 Å². The molecule has 0 saturated carbocycles. The third-order valence-electron chi connectivity index (χ3n) is 3.97. The van der Waals surface area contributed by atoms with E-state index in [1.54, 1.807) is 25.3 Å². The van der Waals surface area contributed by atoms with Crippen LogP contribution in [0.5, 0.6) is 0 Å². The van der Waals surface area contributed by atoms with Crippen molar-refractivity contribution < 1.29 is 21.6 Å². The molecule has 0 bridgehead atoms. The quantitative estimate of drug-likeness (QED) is 0.457. The van der Waals surface area contributed by atoms with Gasteiger partial charge in [-0.25, -0.2) is 21.6 Å². The molecule has 0 aliphatic rings. The normalized spacial score (nSPS) is 12.0. The van der Waals surface area contributed by atoms with E-state index in [2.05, 4.69) is 14.8 Å². The molecule has 31 heavy (non-hydrogen) atoms. The van der Waals surface area contributed by atoms with Crippen molar-refractivity contribution in [3.63, 3.8) is 0 Å². The van der Waals surface area contributed by atoms with Crippen LogP contribution < -0.4 is 14.8 Å². The lowest BCUT2D eigenvalue weighted by atomic mass is 10.2. The molecule has 0 spiro atoms. The summed E-state index contributed by atoms with van der Waals surface area (Å²) >= 11 is 1.11. The van der Waals surface area contributed by atoms with Gasteiger partial charge in [0.2, 0.25) is 10.0 Å². The Labute approximate surface area is 185 Å². The van der Waals surface area contributed by atoms with Crippen LogP contribution in [0.15, 0.2) is 75.1 Å². The summed E-state index contributed by atoms with van der Waals surface area (Å²) in [4.78, 5) is 12.5. The smallest absolute Gasteiger partial charge is 0.271 e. The Morgan fingerprint density at radius 1 is 0.839 bits per heavy atom. The Hall–Kier alpha value is -2.73. The predicted molar refractivity (Wildman–Crippen MR) is 121 cm³/mol. The molecule has 3 N–H and O–H groups in total. The molecule has 164 valence electrons. The minimum Gasteiger partial charge on any atom is -0.322 e. The molecular formula is C20H21N3O5S3. The van der Waals surface area contributed by atoms with Crippen LogP contribution in [-0.2, 0) is 20.0 Å². The molecule has 1 amide bonds. The van der Waals surface area contributed by atoms with Crippen LogP contribution in [0, 0.1) is 0 Å². The second-order valence-corrected chi connectivity index (χ2v) is 11.4. The maximum absolute atomic E-state index is 12.4. The zero-order valence-electron chi connectivity index (χ0n) is 16.7. The number of hydrogen-bond donors (Lipinski definition) is 3. The number of carbonyl (C=O) groups is 1. The van der Waals surface area contributed by atoms with E-state index in [1.165, 1.54) is 54.6 Å². The van der Waals surface area contributed by atoms with Crippen molar-refractivity contribution in [2.75, 3.05) is 10.0 Å². The molecule has 1 aromatic heterocycles. The summed E-state index contributed by atoms with van der Waals surface area (Å²) in [7, 11) is -7.27. The Morgan fingerprint density at radius 3 is 2.00 bits per heavy atom. The van der Waals surface area contributed by atoms with Gasteiger partial charge >= 0.3 is 0 Å². The predicted octanol–water partition coefficient (Wildman–Crippen LogP) is 3.49.